The number of carbonyl (C=O) groups excluding carboxylic acids is 1. The average Bonchev–Trinajstić information content (AvgIpc) is 2.41. The highest BCUT2D eigenvalue weighted by atomic mass is 79.9. The fraction of sp³-hybridized carbons (Fsp3) is 0.500. The first kappa shape index (κ1) is 13.6. The summed E-state index contributed by atoms with van der Waals surface area (Å²) in [6.45, 7) is 3.73. The zero-order valence-electron chi connectivity index (χ0n) is 10.5. The minimum Gasteiger partial charge on any atom is -0.396 e. The third-order valence-electron chi connectivity index (χ3n) is 3.58. The summed E-state index contributed by atoms with van der Waals surface area (Å²) in [6.07, 6.45) is 1.80. The van der Waals surface area contributed by atoms with E-state index in [1.165, 1.54) is 0 Å². The lowest BCUT2D eigenvalue weighted by Gasteiger charge is -2.31. The van der Waals surface area contributed by atoms with Gasteiger partial charge in [-0.15, -0.1) is 0 Å². The van der Waals surface area contributed by atoms with Crippen LogP contribution >= 0.6 is 15.9 Å². The number of amides is 1. The van der Waals surface area contributed by atoms with E-state index in [-0.39, 0.29) is 12.5 Å². The van der Waals surface area contributed by atoms with Crippen LogP contribution in [0, 0.1) is 12.8 Å². The minimum absolute atomic E-state index is 0.0899. The Morgan fingerprint density at radius 2 is 2.11 bits per heavy atom. The van der Waals surface area contributed by atoms with Crippen molar-refractivity contribution in [2.45, 2.75) is 19.8 Å². The van der Waals surface area contributed by atoms with Gasteiger partial charge in [-0.2, -0.15) is 0 Å². The van der Waals surface area contributed by atoms with Crippen molar-refractivity contribution < 1.29 is 9.90 Å². The van der Waals surface area contributed by atoms with Crippen LogP contribution in [0.4, 0.5) is 0 Å². The zero-order valence-corrected chi connectivity index (χ0v) is 12.1. The Hall–Kier alpha value is -0.870. The Balaban J connectivity index is 2.05. The number of hydrogen-bond donors (Lipinski definition) is 1. The van der Waals surface area contributed by atoms with Gasteiger partial charge in [0.05, 0.1) is 0 Å². The zero-order chi connectivity index (χ0) is 13.1. The smallest absolute Gasteiger partial charge is 0.253 e. The van der Waals surface area contributed by atoms with Crippen LogP contribution in [0.3, 0.4) is 0 Å². The van der Waals surface area contributed by atoms with Crippen LogP contribution in [-0.4, -0.2) is 35.6 Å². The summed E-state index contributed by atoms with van der Waals surface area (Å²) in [7, 11) is 0. The highest BCUT2D eigenvalue weighted by molar-refractivity contribution is 9.10. The number of nitrogens with zero attached hydrogens (tertiary/aromatic N) is 1. The lowest BCUT2D eigenvalue weighted by Crippen LogP contribution is -2.39. The van der Waals surface area contributed by atoms with Gasteiger partial charge < -0.3 is 10.0 Å². The minimum atomic E-state index is 0.0899. The van der Waals surface area contributed by atoms with Gasteiger partial charge in [0.1, 0.15) is 0 Å². The van der Waals surface area contributed by atoms with E-state index in [1.807, 2.05) is 30.0 Å². The van der Waals surface area contributed by atoms with Crippen LogP contribution in [0.2, 0.25) is 0 Å². The predicted octanol–water partition coefficient (Wildman–Crippen LogP) is 2.60. The number of carbonyl (C=O) groups is 1. The van der Waals surface area contributed by atoms with E-state index < -0.39 is 0 Å². The Kier molecular flexibility index (Phi) is 4.40. The summed E-state index contributed by atoms with van der Waals surface area (Å²) in [5.41, 5.74) is 1.86. The third kappa shape index (κ3) is 2.93. The van der Waals surface area contributed by atoms with E-state index in [0.717, 1.165) is 41.5 Å². The fourth-order valence-electron chi connectivity index (χ4n) is 2.23. The van der Waals surface area contributed by atoms with Gasteiger partial charge in [-0.3, -0.25) is 4.79 Å². The van der Waals surface area contributed by atoms with E-state index in [9.17, 15) is 4.79 Å². The molecule has 0 bridgehead atoms. The monoisotopic (exact) mass is 311 g/mol. The second-order valence-electron chi connectivity index (χ2n) is 4.88. The average molecular weight is 312 g/mol. The van der Waals surface area contributed by atoms with E-state index >= 15 is 0 Å². The summed E-state index contributed by atoms with van der Waals surface area (Å²) in [4.78, 5) is 14.2. The Labute approximate surface area is 116 Å². The number of rotatable bonds is 2. The first-order valence-electron chi connectivity index (χ1n) is 6.28. The summed E-state index contributed by atoms with van der Waals surface area (Å²) in [5, 5.41) is 9.09. The molecule has 0 aliphatic carbocycles. The van der Waals surface area contributed by atoms with Crippen molar-refractivity contribution in [3.8, 4) is 0 Å². The fourth-order valence-corrected chi connectivity index (χ4v) is 2.61. The molecule has 1 aliphatic rings. The number of aryl methyl sites for hydroxylation is 1. The summed E-state index contributed by atoms with van der Waals surface area (Å²) >= 11 is 3.46. The molecule has 4 heteroatoms. The molecule has 3 nitrogen and oxygen atoms in total. The number of likely N-dealkylation sites (tertiary alicyclic amines) is 1. The van der Waals surface area contributed by atoms with Crippen LogP contribution < -0.4 is 0 Å². The molecule has 1 heterocycles. The molecule has 1 aliphatic heterocycles. The molecule has 0 radical (unpaired) electrons. The normalized spacial score (nSPS) is 16.9. The van der Waals surface area contributed by atoms with E-state index in [4.69, 9.17) is 5.11 Å². The number of halogens is 1. The van der Waals surface area contributed by atoms with Crippen molar-refractivity contribution in [2.24, 2.45) is 5.92 Å². The first-order valence-corrected chi connectivity index (χ1v) is 7.07. The number of piperidine rings is 1. The van der Waals surface area contributed by atoms with Crippen molar-refractivity contribution in [2.75, 3.05) is 19.7 Å². The van der Waals surface area contributed by atoms with Crippen LogP contribution in [0.1, 0.15) is 28.8 Å². The molecule has 0 spiro atoms. The van der Waals surface area contributed by atoms with Gasteiger partial charge in [0.2, 0.25) is 0 Å². The second kappa shape index (κ2) is 5.85. The first-order chi connectivity index (χ1) is 8.61. The summed E-state index contributed by atoms with van der Waals surface area (Å²) in [5.74, 6) is 0.450. The molecule has 98 valence electrons. The molecule has 0 unspecified atom stereocenters. The highest BCUT2D eigenvalue weighted by Gasteiger charge is 2.23. The van der Waals surface area contributed by atoms with Gasteiger partial charge >= 0.3 is 0 Å². The largest absolute Gasteiger partial charge is 0.396 e. The molecule has 1 fully saturated rings. The maximum atomic E-state index is 12.3. The second-order valence-corrected chi connectivity index (χ2v) is 5.74. The molecular formula is C14H18BrNO2. The molecule has 1 amide bonds. The topological polar surface area (TPSA) is 40.5 Å². The van der Waals surface area contributed by atoms with Crippen LogP contribution in [-0.2, 0) is 0 Å². The molecule has 0 saturated carbocycles. The maximum absolute atomic E-state index is 12.3. The Bertz CT molecular complexity index is 439. The quantitative estimate of drug-likeness (QED) is 0.912. The van der Waals surface area contributed by atoms with E-state index in [0.29, 0.717) is 5.92 Å². The van der Waals surface area contributed by atoms with Crippen molar-refractivity contribution in [1.82, 2.24) is 4.90 Å². The van der Waals surface area contributed by atoms with Crippen LogP contribution in [0.5, 0.6) is 0 Å². The van der Waals surface area contributed by atoms with Gasteiger partial charge in [-0.25, -0.2) is 0 Å². The predicted molar refractivity (Wildman–Crippen MR) is 74.6 cm³/mol. The highest BCUT2D eigenvalue weighted by Crippen LogP contribution is 2.21. The standard InChI is InChI=1S/C14H18BrNO2/c1-10-2-3-12(8-13(10)15)14(18)16-6-4-11(9-17)5-7-16/h2-3,8,11,17H,4-7,9H2,1H3. The Morgan fingerprint density at radius 1 is 1.44 bits per heavy atom. The summed E-state index contributed by atoms with van der Waals surface area (Å²) in [6, 6.07) is 5.72. The molecule has 0 atom stereocenters. The van der Waals surface area contributed by atoms with Gasteiger partial charge in [-0.1, -0.05) is 22.0 Å². The number of benzene rings is 1. The molecule has 0 aromatic heterocycles. The van der Waals surface area contributed by atoms with Crippen LogP contribution in [0.25, 0.3) is 0 Å². The molecule has 18 heavy (non-hydrogen) atoms. The third-order valence-corrected chi connectivity index (χ3v) is 4.43. The van der Waals surface area contributed by atoms with E-state index in [2.05, 4.69) is 15.9 Å². The van der Waals surface area contributed by atoms with E-state index in [1.54, 1.807) is 0 Å². The van der Waals surface area contributed by atoms with Gasteiger partial charge in [0.25, 0.3) is 5.91 Å². The molecule has 2 rings (SSSR count). The maximum Gasteiger partial charge on any atom is 0.253 e. The number of aliphatic hydroxyl groups excluding tert-OH is 1. The Morgan fingerprint density at radius 3 is 2.67 bits per heavy atom. The molecule has 1 aromatic rings. The summed E-state index contributed by atoms with van der Waals surface area (Å²) < 4.78 is 0.971. The van der Waals surface area contributed by atoms with Crippen molar-refractivity contribution in [3.63, 3.8) is 0 Å². The van der Waals surface area contributed by atoms with Crippen molar-refractivity contribution in [1.29, 1.82) is 0 Å². The molecular weight excluding hydrogens is 294 g/mol. The lowest BCUT2D eigenvalue weighted by atomic mass is 9.97. The lowest BCUT2D eigenvalue weighted by molar-refractivity contribution is 0.0651. The van der Waals surface area contributed by atoms with Gasteiger partial charge in [0.15, 0.2) is 0 Å². The number of aliphatic hydroxyl groups is 1. The molecule has 1 N–H and O–H groups in total. The molecule has 1 saturated heterocycles. The number of hydrogen-bond acceptors (Lipinski definition) is 2. The van der Waals surface area contributed by atoms with Gasteiger partial charge in [0, 0.05) is 29.7 Å². The van der Waals surface area contributed by atoms with Crippen molar-refractivity contribution >= 4 is 21.8 Å². The van der Waals surface area contributed by atoms with Crippen molar-refractivity contribution in [3.05, 3.63) is 33.8 Å². The van der Waals surface area contributed by atoms with Crippen LogP contribution in [0.15, 0.2) is 22.7 Å². The molecule has 1 aromatic carbocycles. The SMILES string of the molecule is Cc1ccc(C(=O)N2CCC(CO)CC2)cc1Br. The van der Waals surface area contributed by atoms with Gasteiger partial charge in [-0.05, 0) is 43.4 Å².